The normalized spacial score (nSPS) is 11.1. The average molecular weight is 340 g/mol. The van der Waals surface area contributed by atoms with Crippen LogP contribution in [0.4, 0.5) is 0 Å². The molecule has 1 amide bonds. The third-order valence-electron chi connectivity index (χ3n) is 2.73. The highest BCUT2D eigenvalue weighted by Gasteiger charge is 2.15. The van der Waals surface area contributed by atoms with Crippen molar-refractivity contribution in [2.24, 2.45) is 0 Å². The average Bonchev–Trinajstić information content (AvgIpc) is 2.75. The summed E-state index contributed by atoms with van der Waals surface area (Å²) in [7, 11) is 0. The molecule has 2 aromatic rings. The number of ether oxygens (including phenoxy) is 1. The fraction of sp³-hybridized carbons (Fsp3) is 0.400. The predicted molar refractivity (Wildman–Crippen MR) is 82.3 cm³/mol. The number of hydrogen-bond donors (Lipinski definition) is 1. The molecule has 0 saturated carbocycles. The summed E-state index contributed by atoms with van der Waals surface area (Å²) in [5.41, 5.74) is 1.18. The summed E-state index contributed by atoms with van der Waals surface area (Å²) in [6.45, 7) is 6.56. The number of carbonyl (C=O) groups is 1. The van der Waals surface area contributed by atoms with Crippen molar-refractivity contribution in [3.8, 4) is 5.75 Å². The largest absolute Gasteiger partial charge is 0.490 e. The number of furan rings is 1. The predicted octanol–water partition coefficient (Wildman–Crippen LogP) is 4.12. The zero-order chi connectivity index (χ0) is 14.7. The third kappa shape index (κ3) is 3.33. The SMILES string of the molecule is CCCNC(=O)c1cc(OC(C)C)c2cc(Br)oc2c1. The van der Waals surface area contributed by atoms with Crippen LogP contribution in [0, 0.1) is 0 Å². The van der Waals surface area contributed by atoms with Gasteiger partial charge in [-0.15, -0.1) is 0 Å². The minimum atomic E-state index is -0.116. The van der Waals surface area contributed by atoms with Crippen molar-refractivity contribution in [1.29, 1.82) is 0 Å². The Bertz CT molecular complexity index is 619. The van der Waals surface area contributed by atoms with Crippen molar-refractivity contribution < 1.29 is 13.9 Å². The highest BCUT2D eigenvalue weighted by molar-refractivity contribution is 9.10. The van der Waals surface area contributed by atoms with E-state index in [0.29, 0.717) is 28.1 Å². The summed E-state index contributed by atoms with van der Waals surface area (Å²) in [5.74, 6) is 0.545. The van der Waals surface area contributed by atoms with Crippen molar-refractivity contribution in [3.63, 3.8) is 0 Å². The molecule has 1 aromatic carbocycles. The van der Waals surface area contributed by atoms with Crippen LogP contribution in [0.15, 0.2) is 27.3 Å². The number of halogens is 1. The molecule has 1 heterocycles. The maximum Gasteiger partial charge on any atom is 0.251 e. The molecule has 0 fully saturated rings. The number of fused-ring (bicyclic) bond motifs is 1. The van der Waals surface area contributed by atoms with Crippen LogP contribution in [0.1, 0.15) is 37.6 Å². The number of hydrogen-bond acceptors (Lipinski definition) is 3. The van der Waals surface area contributed by atoms with Crippen molar-refractivity contribution in [2.45, 2.75) is 33.3 Å². The fourth-order valence-electron chi connectivity index (χ4n) is 1.90. The summed E-state index contributed by atoms with van der Waals surface area (Å²) in [6.07, 6.45) is 0.927. The number of amides is 1. The molecule has 0 unspecified atom stereocenters. The second-order valence-electron chi connectivity index (χ2n) is 4.86. The monoisotopic (exact) mass is 339 g/mol. The van der Waals surface area contributed by atoms with Crippen molar-refractivity contribution in [1.82, 2.24) is 5.32 Å². The molecule has 4 nitrogen and oxygen atoms in total. The van der Waals surface area contributed by atoms with Crippen LogP contribution in [0.25, 0.3) is 11.0 Å². The minimum absolute atomic E-state index is 0.0285. The van der Waals surface area contributed by atoms with E-state index >= 15 is 0 Å². The molecular formula is C15H18BrNO3. The molecule has 0 radical (unpaired) electrons. The molecule has 2 rings (SSSR count). The third-order valence-corrected chi connectivity index (χ3v) is 3.12. The van der Waals surface area contributed by atoms with Gasteiger partial charge in [0.1, 0.15) is 11.3 Å². The van der Waals surface area contributed by atoms with E-state index in [4.69, 9.17) is 9.15 Å². The highest BCUT2D eigenvalue weighted by atomic mass is 79.9. The summed E-state index contributed by atoms with van der Waals surface area (Å²) in [6, 6.07) is 5.34. The lowest BCUT2D eigenvalue weighted by Crippen LogP contribution is -2.24. The first-order chi connectivity index (χ1) is 9.51. The van der Waals surface area contributed by atoms with Gasteiger partial charge in [-0.25, -0.2) is 0 Å². The number of rotatable bonds is 5. The molecule has 5 heteroatoms. The molecule has 0 spiro atoms. The highest BCUT2D eigenvalue weighted by Crippen LogP contribution is 2.33. The lowest BCUT2D eigenvalue weighted by atomic mass is 10.1. The standard InChI is InChI=1S/C15H18BrNO3/c1-4-5-17-15(18)10-6-12(19-9(2)3)11-8-14(16)20-13(11)7-10/h6-9H,4-5H2,1-3H3,(H,17,18). The second-order valence-corrected chi connectivity index (χ2v) is 5.64. The van der Waals surface area contributed by atoms with Gasteiger partial charge < -0.3 is 14.5 Å². The van der Waals surface area contributed by atoms with Crippen LogP contribution in [0.2, 0.25) is 0 Å². The molecule has 0 bridgehead atoms. The summed E-state index contributed by atoms with van der Waals surface area (Å²) in [5, 5.41) is 3.71. The maximum atomic E-state index is 12.1. The lowest BCUT2D eigenvalue weighted by Gasteiger charge is -2.12. The molecule has 0 saturated heterocycles. The molecule has 0 aliphatic carbocycles. The van der Waals surface area contributed by atoms with Gasteiger partial charge in [0.05, 0.1) is 11.5 Å². The van der Waals surface area contributed by atoms with Gasteiger partial charge in [-0.2, -0.15) is 0 Å². The van der Waals surface area contributed by atoms with E-state index < -0.39 is 0 Å². The van der Waals surface area contributed by atoms with Gasteiger partial charge in [-0.3, -0.25) is 4.79 Å². The van der Waals surface area contributed by atoms with Crippen LogP contribution in [-0.2, 0) is 0 Å². The second kappa shape index (κ2) is 6.31. The minimum Gasteiger partial charge on any atom is -0.490 e. The number of carbonyl (C=O) groups excluding carboxylic acids is 1. The van der Waals surface area contributed by atoms with E-state index in [1.807, 2.05) is 26.8 Å². The van der Waals surface area contributed by atoms with Crippen LogP contribution < -0.4 is 10.1 Å². The smallest absolute Gasteiger partial charge is 0.251 e. The molecule has 0 atom stereocenters. The van der Waals surface area contributed by atoms with Crippen molar-refractivity contribution in [2.75, 3.05) is 6.54 Å². The van der Waals surface area contributed by atoms with Crippen molar-refractivity contribution >= 4 is 32.8 Å². The molecule has 0 aliphatic heterocycles. The molecule has 108 valence electrons. The van der Waals surface area contributed by atoms with Gasteiger partial charge in [0, 0.05) is 18.2 Å². The zero-order valence-corrected chi connectivity index (χ0v) is 13.4. The lowest BCUT2D eigenvalue weighted by molar-refractivity contribution is 0.0953. The maximum absolute atomic E-state index is 12.1. The summed E-state index contributed by atoms with van der Waals surface area (Å²) < 4.78 is 11.9. The Morgan fingerprint density at radius 2 is 2.15 bits per heavy atom. The number of nitrogens with one attached hydrogen (secondary N) is 1. The van der Waals surface area contributed by atoms with E-state index in [2.05, 4.69) is 21.2 Å². The topological polar surface area (TPSA) is 51.5 Å². The van der Waals surface area contributed by atoms with Gasteiger partial charge in [-0.05, 0) is 48.3 Å². The van der Waals surface area contributed by atoms with Gasteiger partial charge in [0.25, 0.3) is 5.91 Å². The number of benzene rings is 1. The van der Waals surface area contributed by atoms with Crippen LogP contribution in [0.5, 0.6) is 5.75 Å². The van der Waals surface area contributed by atoms with E-state index in [9.17, 15) is 4.79 Å². The van der Waals surface area contributed by atoms with Crippen molar-refractivity contribution in [3.05, 3.63) is 28.4 Å². The fourth-order valence-corrected chi connectivity index (χ4v) is 2.30. The van der Waals surface area contributed by atoms with Crippen LogP contribution in [0.3, 0.4) is 0 Å². The van der Waals surface area contributed by atoms with Crippen LogP contribution in [-0.4, -0.2) is 18.6 Å². The van der Waals surface area contributed by atoms with Gasteiger partial charge >= 0.3 is 0 Å². The van der Waals surface area contributed by atoms with E-state index in [1.165, 1.54) is 0 Å². The Labute approximate surface area is 126 Å². The first kappa shape index (κ1) is 14.9. The van der Waals surface area contributed by atoms with Crippen LogP contribution >= 0.6 is 15.9 Å². The Hall–Kier alpha value is -1.49. The molecule has 1 N–H and O–H groups in total. The Morgan fingerprint density at radius 1 is 1.40 bits per heavy atom. The van der Waals surface area contributed by atoms with E-state index in [0.717, 1.165) is 11.8 Å². The molecule has 1 aromatic heterocycles. The van der Waals surface area contributed by atoms with E-state index in [1.54, 1.807) is 12.1 Å². The van der Waals surface area contributed by atoms with E-state index in [-0.39, 0.29) is 12.0 Å². The Kier molecular flexibility index (Phi) is 4.70. The molecule has 0 aliphatic rings. The Morgan fingerprint density at radius 3 is 2.80 bits per heavy atom. The summed E-state index contributed by atoms with van der Waals surface area (Å²) >= 11 is 3.31. The quantitative estimate of drug-likeness (QED) is 0.891. The van der Waals surface area contributed by atoms with Gasteiger partial charge in [-0.1, -0.05) is 6.92 Å². The van der Waals surface area contributed by atoms with Gasteiger partial charge in [0.15, 0.2) is 4.67 Å². The molecular weight excluding hydrogens is 322 g/mol. The first-order valence-corrected chi connectivity index (χ1v) is 7.48. The van der Waals surface area contributed by atoms with Gasteiger partial charge in [0.2, 0.25) is 0 Å². The molecule has 20 heavy (non-hydrogen) atoms. The summed E-state index contributed by atoms with van der Waals surface area (Å²) in [4.78, 5) is 12.1. The Balaban J connectivity index is 2.43. The first-order valence-electron chi connectivity index (χ1n) is 6.69. The zero-order valence-electron chi connectivity index (χ0n) is 11.8.